The van der Waals surface area contributed by atoms with Gasteiger partial charge in [-0.05, 0) is 37.5 Å². The summed E-state index contributed by atoms with van der Waals surface area (Å²) in [4.78, 5) is 20.0. The number of anilines is 1. The molecule has 11 heteroatoms. The molecule has 1 aliphatic heterocycles. The van der Waals surface area contributed by atoms with Crippen LogP contribution in [0.3, 0.4) is 0 Å². The van der Waals surface area contributed by atoms with E-state index in [0.717, 1.165) is 18.2 Å². The molecular formula is C22H21ClF2N6O2. The van der Waals surface area contributed by atoms with Gasteiger partial charge in [-0.25, -0.2) is 23.5 Å². The van der Waals surface area contributed by atoms with Crippen molar-refractivity contribution in [3.8, 4) is 11.1 Å². The van der Waals surface area contributed by atoms with Crippen molar-refractivity contribution < 1.29 is 18.3 Å². The van der Waals surface area contributed by atoms with Gasteiger partial charge in [-0.3, -0.25) is 4.68 Å². The van der Waals surface area contributed by atoms with Gasteiger partial charge in [0.15, 0.2) is 0 Å². The van der Waals surface area contributed by atoms with E-state index in [1.165, 1.54) is 16.9 Å². The van der Waals surface area contributed by atoms with Crippen LogP contribution in [-0.4, -0.2) is 38.5 Å². The summed E-state index contributed by atoms with van der Waals surface area (Å²) >= 11 is 6.20. The van der Waals surface area contributed by atoms with Crippen molar-refractivity contribution in [1.82, 2.24) is 25.1 Å². The number of alkyl carbamates (subject to hydrolysis) is 1. The monoisotopic (exact) mass is 474 g/mol. The minimum absolute atomic E-state index is 0.0537. The first-order valence-electron chi connectivity index (χ1n) is 10.5. The molecule has 2 N–H and O–H groups in total. The zero-order valence-electron chi connectivity index (χ0n) is 17.8. The van der Waals surface area contributed by atoms with E-state index in [2.05, 4.69) is 25.7 Å². The van der Waals surface area contributed by atoms with Gasteiger partial charge in [-0.1, -0.05) is 11.6 Å². The number of nitrogens with zero attached hydrogens (tertiary/aromatic N) is 4. The Kier molecular flexibility index (Phi) is 5.40. The van der Waals surface area contributed by atoms with Crippen LogP contribution in [0.5, 0.6) is 0 Å². The summed E-state index contributed by atoms with van der Waals surface area (Å²) in [6.07, 6.45) is 3.53. The predicted molar refractivity (Wildman–Crippen MR) is 117 cm³/mol. The Morgan fingerprint density at radius 1 is 1.27 bits per heavy atom. The first kappa shape index (κ1) is 21.6. The van der Waals surface area contributed by atoms with Crippen LogP contribution in [0.4, 0.5) is 19.5 Å². The van der Waals surface area contributed by atoms with E-state index in [1.807, 2.05) is 0 Å². The van der Waals surface area contributed by atoms with Crippen molar-refractivity contribution >= 4 is 23.6 Å². The molecule has 0 radical (unpaired) electrons. The molecular weight excluding hydrogens is 454 g/mol. The second kappa shape index (κ2) is 8.26. The zero-order valence-corrected chi connectivity index (χ0v) is 18.6. The van der Waals surface area contributed by atoms with E-state index < -0.39 is 23.8 Å². The molecule has 33 heavy (non-hydrogen) atoms. The van der Waals surface area contributed by atoms with E-state index in [1.54, 1.807) is 26.2 Å². The third-order valence-corrected chi connectivity index (χ3v) is 6.26. The standard InChI is InChI=1S/C22H21ClF2N6O2/c1-10(12-4-17(25)13(5-16(12)24)11-7-26-31(2)8-11)27-21-28-18(6-20(23)30-21)14-3-15(14)19-9-33-22(32)29-19/h4-8,10,14-15,19H,3,9H2,1-2H3,(H,29,32)(H,27,28,30)/t10-,14?,15?,19?/m0/s1. The fourth-order valence-corrected chi connectivity index (χ4v) is 4.46. The summed E-state index contributed by atoms with van der Waals surface area (Å²) < 4.78 is 36.1. The lowest BCUT2D eigenvalue weighted by molar-refractivity contribution is 0.176. The number of hydrogen-bond acceptors (Lipinski definition) is 6. The summed E-state index contributed by atoms with van der Waals surface area (Å²) in [5.41, 5.74) is 1.50. The molecule has 1 amide bonds. The number of halogens is 3. The summed E-state index contributed by atoms with van der Waals surface area (Å²) in [6, 6.07) is 3.34. The number of carbonyl (C=O) groups is 1. The molecule has 1 saturated heterocycles. The molecule has 0 spiro atoms. The number of amides is 1. The summed E-state index contributed by atoms with van der Waals surface area (Å²) in [6.45, 7) is 2.03. The Balaban J connectivity index is 1.33. The van der Waals surface area contributed by atoms with Crippen LogP contribution in [-0.2, 0) is 11.8 Å². The van der Waals surface area contributed by atoms with E-state index >= 15 is 0 Å². The molecule has 3 aromatic rings. The number of carbonyl (C=O) groups excluding carboxylic acids is 1. The molecule has 0 bridgehead atoms. The average Bonchev–Trinajstić information content (AvgIpc) is 3.26. The van der Waals surface area contributed by atoms with Crippen molar-refractivity contribution in [2.45, 2.75) is 31.3 Å². The van der Waals surface area contributed by atoms with Crippen molar-refractivity contribution in [2.24, 2.45) is 13.0 Å². The quantitative estimate of drug-likeness (QED) is 0.520. The smallest absolute Gasteiger partial charge is 0.407 e. The number of aryl methyl sites for hydroxylation is 1. The van der Waals surface area contributed by atoms with E-state index in [4.69, 9.17) is 16.3 Å². The van der Waals surface area contributed by atoms with Gasteiger partial charge in [0.1, 0.15) is 23.4 Å². The minimum Gasteiger partial charge on any atom is -0.447 e. The number of cyclic esters (lactones) is 1. The normalized spacial score (nSPS) is 22.6. The second-order valence-corrected chi connectivity index (χ2v) is 8.80. The van der Waals surface area contributed by atoms with Gasteiger partial charge in [-0.2, -0.15) is 5.10 Å². The second-order valence-electron chi connectivity index (χ2n) is 8.42. The Bertz CT molecular complexity index is 1240. The Morgan fingerprint density at radius 3 is 2.79 bits per heavy atom. The molecule has 172 valence electrons. The fourth-order valence-electron chi connectivity index (χ4n) is 4.27. The molecule has 4 atom stereocenters. The summed E-state index contributed by atoms with van der Waals surface area (Å²) in [5, 5.41) is 10.1. The maximum atomic E-state index is 14.9. The van der Waals surface area contributed by atoms with Crippen molar-refractivity contribution in [2.75, 3.05) is 11.9 Å². The Hall–Kier alpha value is -3.27. The van der Waals surface area contributed by atoms with Crippen LogP contribution in [0.2, 0.25) is 5.15 Å². The van der Waals surface area contributed by atoms with Crippen LogP contribution in [0, 0.1) is 17.6 Å². The van der Waals surface area contributed by atoms with Gasteiger partial charge in [0.25, 0.3) is 0 Å². The van der Waals surface area contributed by atoms with Crippen LogP contribution in [0.25, 0.3) is 11.1 Å². The van der Waals surface area contributed by atoms with Gasteiger partial charge in [0.05, 0.1) is 24.0 Å². The SMILES string of the molecule is C[C@H](Nc1nc(Cl)cc(C2CC2C2COC(=O)N2)n1)c1cc(F)c(-c2cnn(C)c2)cc1F. The van der Waals surface area contributed by atoms with Crippen LogP contribution in [0.15, 0.2) is 30.6 Å². The Labute approximate surface area is 193 Å². The van der Waals surface area contributed by atoms with E-state index in [0.29, 0.717) is 12.2 Å². The molecule has 1 aliphatic carbocycles. The number of benzene rings is 1. The molecule has 3 heterocycles. The van der Waals surface area contributed by atoms with Gasteiger partial charge in [0, 0.05) is 35.9 Å². The largest absolute Gasteiger partial charge is 0.447 e. The topological polar surface area (TPSA) is 94.0 Å². The summed E-state index contributed by atoms with van der Waals surface area (Å²) in [5.74, 6) is -0.571. The number of aromatic nitrogens is 4. The highest BCUT2D eigenvalue weighted by Gasteiger charge is 2.48. The van der Waals surface area contributed by atoms with Crippen molar-refractivity contribution in [3.05, 3.63) is 58.6 Å². The number of rotatable bonds is 6. The van der Waals surface area contributed by atoms with Crippen LogP contribution in [0.1, 0.15) is 36.6 Å². The molecule has 2 fully saturated rings. The first-order valence-corrected chi connectivity index (χ1v) is 10.9. The van der Waals surface area contributed by atoms with Gasteiger partial charge < -0.3 is 15.4 Å². The molecule has 3 unspecified atom stereocenters. The summed E-state index contributed by atoms with van der Waals surface area (Å²) in [7, 11) is 1.71. The zero-order chi connectivity index (χ0) is 23.3. The number of hydrogen-bond donors (Lipinski definition) is 2. The third kappa shape index (κ3) is 4.35. The predicted octanol–water partition coefficient (Wildman–Crippen LogP) is 4.19. The van der Waals surface area contributed by atoms with Gasteiger partial charge in [0.2, 0.25) is 5.95 Å². The van der Waals surface area contributed by atoms with Crippen molar-refractivity contribution in [1.29, 1.82) is 0 Å². The Morgan fingerprint density at radius 2 is 2.09 bits per heavy atom. The highest BCUT2D eigenvalue weighted by molar-refractivity contribution is 6.29. The van der Waals surface area contributed by atoms with Gasteiger partial charge >= 0.3 is 6.09 Å². The van der Waals surface area contributed by atoms with E-state index in [-0.39, 0.29) is 40.1 Å². The molecule has 2 aromatic heterocycles. The molecule has 8 nitrogen and oxygen atoms in total. The lowest BCUT2D eigenvalue weighted by Crippen LogP contribution is -2.28. The highest BCUT2D eigenvalue weighted by atomic mass is 35.5. The van der Waals surface area contributed by atoms with Gasteiger partial charge in [-0.15, -0.1) is 0 Å². The third-order valence-electron chi connectivity index (χ3n) is 6.06. The van der Waals surface area contributed by atoms with Crippen molar-refractivity contribution in [3.63, 3.8) is 0 Å². The number of nitrogens with one attached hydrogen (secondary N) is 2. The fraction of sp³-hybridized carbons (Fsp3) is 0.364. The highest BCUT2D eigenvalue weighted by Crippen LogP contribution is 2.50. The number of ether oxygens (including phenoxy) is 1. The maximum Gasteiger partial charge on any atom is 0.407 e. The maximum absolute atomic E-state index is 14.9. The lowest BCUT2D eigenvalue weighted by Gasteiger charge is -2.17. The molecule has 2 aliphatic rings. The molecule has 1 aromatic carbocycles. The first-order chi connectivity index (χ1) is 15.8. The lowest BCUT2D eigenvalue weighted by atomic mass is 10.0. The minimum atomic E-state index is -0.619. The van der Waals surface area contributed by atoms with Crippen LogP contribution >= 0.6 is 11.6 Å². The average molecular weight is 475 g/mol. The van der Waals surface area contributed by atoms with E-state index in [9.17, 15) is 13.6 Å². The van der Waals surface area contributed by atoms with Crippen LogP contribution < -0.4 is 10.6 Å². The molecule has 5 rings (SSSR count). The molecule has 1 saturated carbocycles.